The van der Waals surface area contributed by atoms with Crippen LogP contribution in [0, 0.1) is 34.6 Å². The Morgan fingerprint density at radius 1 is 1.00 bits per heavy atom. The van der Waals surface area contributed by atoms with Crippen molar-refractivity contribution < 1.29 is 18.8 Å². The Bertz CT molecular complexity index is 1260. The number of amides is 4. The normalized spacial score (nSPS) is 15.6. The zero-order valence-electron chi connectivity index (χ0n) is 18.8. The fourth-order valence-electron chi connectivity index (χ4n) is 4.35. The van der Waals surface area contributed by atoms with E-state index in [0.29, 0.717) is 5.76 Å². The molecule has 1 N–H and O–H groups in total. The molecular weight excluding hydrogens is 406 g/mol. The van der Waals surface area contributed by atoms with Crippen molar-refractivity contribution in [2.75, 3.05) is 0 Å². The second kappa shape index (κ2) is 8.00. The van der Waals surface area contributed by atoms with E-state index < -0.39 is 17.8 Å². The van der Waals surface area contributed by atoms with Crippen LogP contribution >= 0.6 is 0 Å². The van der Waals surface area contributed by atoms with Crippen LogP contribution < -0.4 is 5.32 Å². The van der Waals surface area contributed by atoms with Gasteiger partial charge in [0.1, 0.15) is 11.3 Å². The second-order valence-electron chi connectivity index (χ2n) is 8.20. The molecular formula is C25H25N3O4. The van der Waals surface area contributed by atoms with Crippen molar-refractivity contribution >= 4 is 23.9 Å². The Balaban J connectivity index is 1.75. The van der Waals surface area contributed by atoms with Crippen LogP contribution in [0.4, 0.5) is 4.79 Å². The highest BCUT2D eigenvalue weighted by molar-refractivity contribution is 6.31. The van der Waals surface area contributed by atoms with Crippen molar-refractivity contribution in [3.05, 3.63) is 81.6 Å². The van der Waals surface area contributed by atoms with E-state index in [1.54, 1.807) is 18.2 Å². The van der Waals surface area contributed by atoms with Crippen LogP contribution in [0.25, 0.3) is 11.8 Å². The summed E-state index contributed by atoms with van der Waals surface area (Å²) in [5, 5.41) is 2.25. The summed E-state index contributed by atoms with van der Waals surface area (Å²) >= 11 is 0. The standard InChI is InChI=1S/C25H25N3O4/c1-14-9-15(2)22(16(3)10-14)28-17(4)11-19(18(28)5)12-21-23(29)26-25(31)27(24(21)30)13-20-7-6-8-32-20/h6-12H,13H2,1-5H3,(H,26,29,31). The van der Waals surface area contributed by atoms with Crippen molar-refractivity contribution in [3.8, 4) is 5.69 Å². The van der Waals surface area contributed by atoms with E-state index in [1.807, 2.05) is 19.9 Å². The maximum atomic E-state index is 13.0. The minimum absolute atomic E-state index is 0.0525. The third-order valence-electron chi connectivity index (χ3n) is 5.71. The van der Waals surface area contributed by atoms with Crippen molar-refractivity contribution in [1.29, 1.82) is 0 Å². The number of carbonyl (C=O) groups is 3. The predicted octanol–water partition coefficient (Wildman–Crippen LogP) is 4.27. The maximum Gasteiger partial charge on any atom is 0.331 e. The van der Waals surface area contributed by atoms with Gasteiger partial charge >= 0.3 is 6.03 Å². The molecule has 32 heavy (non-hydrogen) atoms. The summed E-state index contributed by atoms with van der Waals surface area (Å²) in [4.78, 5) is 38.8. The minimum atomic E-state index is -0.759. The van der Waals surface area contributed by atoms with Gasteiger partial charge in [-0.2, -0.15) is 0 Å². The van der Waals surface area contributed by atoms with Crippen LogP contribution in [0.3, 0.4) is 0 Å². The molecule has 3 heterocycles. The highest BCUT2D eigenvalue weighted by Crippen LogP contribution is 2.29. The third kappa shape index (κ3) is 3.66. The predicted molar refractivity (Wildman–Crippen MR) is 120 cm³/mol. The largest absolute Gasteiger partial charge is 0.467 e. The first-order valence-electron chi connectivity index (χ1n) is 10.4. The Morgan fingerprint density at radius 2 is 1.69 bits per heavy atom. The highest BCUT2D eigenvalue weighted by Gasteiger charge is 2.36. The molecule has 0 bridgehead atoms. The molecule has 1 aromatic carbocycles. The number of furan rings is 1. The van der Waals surface area contributed by atoms with Gasteiger partial charge < -0.3 is 8.98 Å². The molecule has 1 aliphatic heterocycles. The van der Waals surface area contributed by atoms with Gasteiger partial charge in [0, 0.05) is 11.4 Å². The van der Waals surface area contributed by atoms with E-state index in [4.69, 9.17) is 4.42 Å². The minimum Gasteiger partial charge on any atom is -0.467 e. The van der Waals surface area contributed by atoms with E-state index in [2.05, 4.69) is 42.8 Å². The number of nitrogens with zero attached hydrogens (tertiary/aromatic N) is 2. The van der Waals surface area contributed by atoms with Crippen LogP contribution in [0.2, 0.25) is 0 Å². The number of aryl methyl sites for hydroxylation is 4. The van der Waals surface area contributed by atoms with Gasteiger partial charge in [-0.3, -0.25) is 19.8 Å². The second-order valence-corrected chi connectivity index (χ2v) is 8.20. The van der Waals surface area contributed by atoms with Crippen molar-refractivity contribution in [2.45, 2.75) is 41.2 Å². The fraction of sp³-hybridized carbons (Fsp3) is 0.240. The first kappa shape index (κ1) is 21.4. The average molecular weight is 431 g/mol. The molecule has 0 atom stereocenters. The van der Waals surface area contributed by atoms with Gasteiger partial charge in [0.25, 0.3) is 11.8 Å². The lowest BCUT2D eigenvalue weighted by Gasteiger charge is -2.25. The van der Waals surface area contributed by atoms with Crippen LogP contribution in [-0.2, 0) is 16.1 Å². The number of imide groups is 2. The number of hydrogen-bond acceptors (Lipinski definition) is 4. The maximum absolute atomic E-state index is 13.0. The Hall–Kier alpha value is -3.87. The van der Waals surface area contributed by atoms with Gasteiger partial charge in [-0.05, 0) is 75.6 Å². The monoisotopic (exact) mass is 431 g/mol. The summed E-state index contributed by atoms with van der Waals surface area (Å²) in [7, 11) is 0. The van der Waals surface area contributed by atoms with Crippen LogP contribution in [-0.4, -0.2) is 27.3 Å². The average Bonchev–Trinajstić information content (AvgIpc) is 3.31. The molecule has 0 radical (unpaired) electrons. The van der Waals surface area contributed by atoms with Gasteiger partial charge in [-0.15, -0.1) is 0 Å². The van der Waals surface area contributed by atoms with Gasteiger partial charge in [-0.1, -0.05) is 17.7 Å². The molecule has 1 fully saturated rings. The number of hydrogen-bond donors (Lipinski definition) is 1. The van der Waals surface area contributed by atoms with Crippen LogP contribution in [0.1, 0.15) is 39.4 Å². The van der Waals surface area contributed by atoms with E-state index >= 15 is 0 Å². The van der Waals surface area contributed by atoms with E-state index in [9.17, 15) is 14.4 Å². The lowest BCUT2D eigenvalue weighted by Crippen LogP contribution is -2.53. The Kier molecular flexibility index (Phi) is 5.34. The van der Waals surface area contributed by atoms with E-state index in [0.717, 1.165) is 38.7 Å². The van der Waals surface area contributed by atoms with Gasteiger partial charge in [0.05, 0.1) is 18.5 Å². The molecule has 7 heteroatoms. The van der Waals surface area contributed by atoms with Gasteiger partial charge in [0.15, 0.2) is 0 Å². The molecule has 0 aliphatic carbocycles. The van der Waals surface area contributed by atoms with Crippen molar-refractivity contribution in [3.63, 3.8) is 0 Å². The quantitative estimate of drug-likeness (QED) is 0.494. The van der Waals surface area contributed by atoms with E-state index in [1.165, 1.54) is 11.8 Å². The number of carbonyl (C=O) groups excluding carboxylic acids is 3. The molecule has 0 saturated carbocycles. The first-order valence-corrected chi connectivity index (χ1v) is 10.4. The molecule has 164 valence electrons. The van der Waals surface area contributed by atoms with Crippen LogP contribution in [0.15, 0.2) is 46.6 Å². The summed E-state index contributed by atoms with van der Waals surface area (Å²) in [6, 6.07) is 8.79. The summed E-state index contributed by atoms with van der Waals surface area (Å²) in [6.07, 6.45) is 3.02. The third-order valence-corrected chi connectivity index (χ3v) is 5.71. The number of urea groups is 1. The molecule has 2 aromatic heterocycles. The Labute approximate surface area is 186 Å². The number of rotatable bonds is 4. The molecule has 4 amide bonds. The molecule has 1 saturated heterocycles. The summed E-state index contributed by atoms with van der Waals surface area (Å²) in [5.41, 5.74) is 7.11. The first-order chi connectivity index (χ1) is 15.2. The van der Waals surface area contributed by atoms with Gasteiger partial charge in [0.2, 0.25) is 0 Å². The molecule has 1 aliphatic rings. The topological polar surface area (TPSA) is 84.6 Å². The number of aromatic nitrogens is 1. The van der Waals surface area contributed by atoms with Gasteiger partial charge in [-0.25, -0.2) is 4.79 Å². The van der Waals surface area contributed by atoms with Crippen molar-refractivity contribution in [2.24, 2.45) is 0 Å². The summed E-state index contributed by atoms with van der Waals surface area (Å²) < 4.78 is 7.38. The zero-order chi connectivity index (χ0) is 23.2. The number of nitrogens with one attached hydrogen (secondary N) is 1. The SMILES string of the molecule is Cc1cc(C)c(-n2c(C)cc(C=C3C(=O)NC(=O)N(Cc4ccco4)C3=O)c2C)c(C)c1. The van der Waals surface area contributed by atoms with Crippen molar-refractivity contribution in [1.82, 2.24) is 14.8 Å². The number of barbiturate groups is 1. The zero-order valence-corrected chi connectivity index (χ0v) is 18.8. The lowest BCUT2D eigenvalue weighted by molar-refractivity contribution is -0.130. The molecule has 3 aromatic rings. The summed E-state index contributed by atoms with van der Waals surface area (Å²) in [5.74, 6) is -0.906. The number of benzene rings is 1. The van der Waals surface area contributed by atoms with E-state index in [-0.39, 0.29) is 12.1 Å². The van der Waals surface area contributed by atoms with Crippen LogP contribution in [0.5, 0.6) is 0 Å². The highest BCUT2D eigenvalue weighted by atomic mass is 16.3. The lowest BCUT2D eigenvalue weighted by atomic mass is 10.0. The fourth-order valence-corrected chi connectivity index (χ4v) is 4.35. The molecule has 0 unspecified atom stereocenters. The molecule has 0 spiro atoms. The molecule has 4 rings (SSSR count). The summed E-state index contributed by atoms with van der Waals surface area (Å²) in [6.45, 7) is 10.1. The Morgan fingerprint density at radius 3 is 2.31 bits per heavy atom. The molecule has 7 nitrogen and oxygen atoms in total. The smallest absolute Gasteiger partial charge is 0.331 e.